The first-order chi connectivity index (χ1) is 14.4. The molecular formula is C22H19F2N3O3. The van der Waals surface area contributed by atoms with Crippen LogP contribution in [0.5, 0.6) is 0 Å². The minimum Gasteiger partial charge on any atom is -0.462 e. The van der Waals surface area contributed by atoms with Gasteiger partial charge in [0.05, 0.1) is 30.3 Å². The zero-order valence-corrected chi connectivity index (χ0v) is 16.4. The van der Waals surface area contributed by atoms with Crippen molar-refractivity contribution >= 4 is 17.7 Å². The maximum Gasteiger partial charge on any atom is 0.338 e. The maximum atomic E-state index is 13.7. The summed E-state index contributed by atoms with van der Waals surface area (Å²) in [6.07, 6.45) is 3.39. The van der Waals surface area contributed by atoms with E-state index in [2.05, 4.69) is 15.3 Å². The fourth-order valence-corrected chi connectivity index (χ4v) is 2.73. The Morgan fingerprint density at radius 2 is 1.80 bits per heavy atom. The molecule has 0 fully saturated rings. The quantitative estimate of drug-likeness (QED) is 0.602. The predicted molar refractivity (Wildman–Crippen MR) is 107 cm³/mol. The van der Waals surface area contributed by atoms with Gasteiger partial charge in [0.2, 0.25) is 0 Å². The van der Waals surface area contributed by atoms with Gasteiger partial charge < -0.3 is 10.1 Å². The molecule has 0 unspecified atom stereocenters. The van der Waals surface area contributed by atoms with Crippen molar-refractivity contribution in [1.82, 2.24) is 9.97 Å². The zero-order chi connectivity index (χ0) is 21.7. The van der Waals surface area contributed by atoms with E-state index in [0.29, 0.717) is 23.4 Å². The maximum absolute atomic E-state index is 13.7. The molecule has 0 bridgehead atoms. The fourth-order valence-electron chi connectivity index (χ4n) is 2.73. The Hall–Kier alpha value is -3.68. The lowest BCUT2D eigenvalue weighted by molar-refractivity contribution is 0.0505. The van der Waals surface area contributed by atoms with Gasteiger partial charge in [-0.05, 0) is 43.2 Å². The minimum atomic E-state index is -0.973. The Kier molecular flexibility index (Phi) is 6.46. The molecule has 154 valence electrons. The van der Waals surface area contributed by atoms with Crippen LogP contribution in [0.4, 0.5) is 14.6 Å². The second-order valence-electron chi connectivity index (χ2n) is 6.50. The summed E-state index contributed by atoms with van der Waals surface area (Å²) in [6, 6.07) is 8.26. The second kappa shape index (κ2) is 9.21. The molecule has 1 aromatic heterocycles. The largest absolute Gasteiger partial charge is 0.462 e. The fraction of sp³-hybridized carbons (Fsp3) is 0.182. The van der Waals surface area contributed by atoms with Crippen molar-refractivity contribution in [3.8, 4) is 11.3 Å². The second-order valence-corrected chi connectivity index (χ2v) is 6.50. The van der Waals surface area contributed by atoms with Gasteiger partial charge in [-0.1, -0.05) is 19.1 Å². The van der Waals surface area contributed by atoms with E-state index in [0.717, 1.165) is 24.1 Å². The smallest absolute Gasteiger partial charge is 0.338 e. The van der Waals surface area contributed by atoms with Gasteiger partial charge in [0.15, 0.2) is 5.82 Å². The molecule has 0 aliphatic carbocycles. The molecule has 0 aliphatic rings. The number of hydrogen-bond acceptors (Lipinski definition) is 5. The van der Waals surface area contributed by atoms with E-state index in [4.69, 9.17) is 4.74 Å². The number of carbonyl (C=O) groups excluding carboxylic acids is 2. The summed E-state index contributed by atoms with van der Waals surface area (Å²) < 4.78 is 32.6. The number of aromatic nitrogens is 2. The number of aryl methyl sites for hydroxylation is 1. The molecule has 1 N–H and O–H groups in total. The molecule has 0 atom stereocenters. The van der Waals surface area contributed by atoms with Crippen molar-refractivity contribution in [1.29, 1.82) is 0 Å². The summed E-state index contributed by atoms with van der Waals surface area (Å²) in [6.45, 7) is 4.10. The average molecular weight is 411 g/mol. The molecule has 0 saturated carbocycles. The first-order valence-electron chi connectivity index (χ1n) is 9.26. The molecule has 0 spiro atoms. The third-order valence-electron chi connectivity index (χ3n) is 4.27. The van der Waals surface area contributed by atoms with Crippen LogP contribution in [-0.2, 0) is 4.74 Å². The van der Waals surface area contributed by atoms with E-state index in [1.807, 2.05) is 13.8 Å². The van der Waals surface area contributed by atoms with Crippen LogP contribution in [0.3, 0.4) is 0 Å². The number of anilines is 1. The minimum absolute atomic E-state index is 0.0302. The van der Waals surface area contributed by atoms with Gasteiger partial charge in [0.1, 0.15) is 17.2 Å². The van der Waals surface area contributed by atoms with Gasteiger partial charge in [-0.2, -0.15) is 0 Å². The predicted octanol–water partition coefficient (Wildman–Crippen LogP) is 4.55. The molecule has 0 aliphatic heterocycles. The Labute approximate surface area is 171 Å². The highest BCUT2D eigenvalue weighted by Crippen LogP contribution is 2.23. The van der Waals surface area contributed by atoms with Crippen molar-refractivity contribution in [3.63, 3.8) is 0 Å². The van der Waals surface area contributed by atoms with E-state index in [-0.39, 0.29) is 5.82 Å². The molecular weight excluding hydrogens is 392 g/mol. The summed E-state index contributed by atoms with van der Waals surface area (Å²) in [7, 11) is 0. The lowest BCUT2D eigenvalue weighted by Gasteiger charge is -2.10. The Morgan fingerprint density at radius 3 is 2.43 bits per heavy atom. The number of rotatable bonds is 6. The normalized spacial score (nSPS) is 10.5. The lowest BCUT2D eigenvalue weighted by atomic mass is 10.0. The topological polar surface area (TPSA) is 81.2 Å². The molecule has 1 heterocycles. The summed E-state index contributed by atoms with van der Waals surface area (Å²) in [5.41, 5.74) is 1.69. The van der Waals surface area contributed by atoms with E-state index < -0.39 is 29.1 Å². The molecule has 0 saturated heterocycles. The Balaban J connectivity index is 1.80. The number of hydrogen-bond donors (Lipinski definition) is 1. The van der Waals surface area contributed by atoms with Gasteiger partial charge >= 0.3 is 5.97 Å². The molecule has 30 heavy (non-hydrogen) atoms. The number of esters is 1. The van der Waals surface area contributed by atoms with Crippen LogP contribution in [-0.4, -0.2) is 28.5 Å². The third kappa shape index (κ3) is 4.65. The van der Waals surface area contributed by atoms with Crippen molar-refractivity contribution in [2.45, 2.75) is 20.3 Å². The van der Waals surface area contributed by atoms with Gasteiger partial charge in [-0.25, -0.2) is 18.6 Å². The highest BCUT2D eigenvalue weighted by molar-refractivity contribution is 6.04. The molecule has 2 aromatic carbocycles. The van der Waals surface area contributed by atoms with Gasteiger partial charge in [0.25, 0.3) is 5.91 Å². The van der Waals surface area contributed by atoms with Crippen LogP contribution >= 0.6 is 0 Å². The van der Waals surface area contributed by atoms with Gasteiger partial charge in [0, 0.05) is 5.56 Å². The molecule has 3 rings (SSSR count). The van der Waals surface area contributed by atoms with Gasteiger partial charge in [-0.3, -0.25) is 9.78 Å². The number of nitrogens with zero attached hydrogens (tertiary/aromatic N) is 2. The molecule has 8 heteroatoms. The highest BCUT2D eigenvalue weighted by Gasteiger charge is 2.18. The highest BCUT2D eigenvalue weighted by atomic mass is 19.1. The summed E-state index contributed by atoms with van der Waals surface area (Å²) in [4.78, 5) is 32.6. The van der Waals surface area contributed by atoms with Crippen molar-refractivity contribution in [2.24, 2.45) is 0 Å². The Bertz CT molecular complexity index is 1070. The number of carbonyl (C=O) groups is 2. The summed E-state index contributed by atoms with van der Waals surface area (Å²) >= 11 is 0. The van der Waals surface area contributed by atoms with E-state index in [1.54, 1.807) is 18.2 Å². The monoisotopic (exact) mass is 411 g/mol. The van der Waals surface area contributed by atoms with E-state index >= 15 is 0 Å². The number of ether oxygens (including phenoxy) is 1. The summed E-state index contributed by atoms with van der Waals surface area (Å²) in [5, 5.41) is 2.32. The number of benzene rings is 2. The van der Waals surface area contributed by atoms with E-state index in [1.165, 1.54) is 18.5 Å². The zero-order valence-electron chi connectivity index (χ0n) is 16.4. The standard InChI is InChI=1S/C22H19F2N3O3/c1-3-9-30-22(29)14-8-7-13(2)15(10-14)18-11-26-19(12-25-18)27-21(28)20-16(23)5-4-6-17(20)24/h4-8,10-12H,3,9H2,1-2H3,(H,26,27,28). The molecule has 1 amide bonds. The summed E-state index contributed by atoms with van der Waals surface area (Å²) in [5.74, 6) is -3.31. The van der Waals surface area contributed by atoms with Crippen molar-refractivity contribution < 1.29 is 23.1 Å². The SMILES string of the molecule is CCCOC(=O)c1ccc(C)c(-c2cnc(NC(=O)c3c(F)cccc3F)cn2)c1. The van der Waals surface area contributed by atoms with E-state index in [9.17, 15) is 18.4 Å². The number of amides is 1. The molecule has 0 radical (unpaired) electrons. The molecule has 6 nitrogen and oxygen atoms in total. The first-order valence-corrected chi connectivity index (χ1v) is 9.26. The number of nitrogens with one attached hydrogen (secondary N) is 1. The van der Waals surface area contributed by atoms with Crippen LogP contribution < -0.4 is 5.32 Å². The molecule has 3 aromatic rings. The van der Waals surface area contributed by atoms with Crippen LogP contribution in [0.15, 0.2) is 48.8 Å². The van der Waals surface area contributed by atoms with Crippen LogP contribution in [0.2, 0.25) is 0 Å². The number of halogens is 2. The third-order valence-corrected chi connectivity index (χ3v) is 4.27. The average Bonchev–Trinajstić information content (AvgIpc) is 2.73. The van der Waals surface area contributed by atoms with Gasteiger partial charge in [-0.15, -0.1) is 0 Å². The van der Waals surface area contributed by atoms with Crippen molar-refractivity contribution in [2.75, 3.05) is 11.9 Å². The van der Waals surface area contributed by atoms with Crippen LogP contribution in [0.1, 0.15) is 39.6 Å². The van der Waals surface area contributed by atoms with Crippen LogP contribution in [0.25, 0.3) is 11.3 Å². The van der Waals surface area contributed by atoms with Crippen LogP contribution in [0, 0.1) is 18.6 Å². The lowest BCUT2D eigenvalue weighted by Crippen LogP contribution is -2.16. The van der Waals surface area contributed by atoms with Crippen molar-refractivity contribution in [3.05, 3.63) is 77.1 Å². The Morgan fingerprint density at radius 1 is 1.07 bits per heavy atom. The first kappa shape index (κ1) is 21.0.